The molecule has 0 aliphatic carbocycles. The van der Waals surface area contributed by atoms with E-state index in [0.717, 1.165) is 10.2 Å². The van der Waals surface area contributed by atoms with Crippen molar-refractivity contribution in [2.75, 3.05) is 18.5 Å². The number of aliphatic carboxylic acids is 1. The minimum absolute atomic E-state index is 0.242. The number of hydrogen-bond acceptors (Lipinski definition) is 6. The third kappa shape index (κ3) is 1.91. The lowest BCUT2D eigenvalue weighted by Gasteiger charge is -2.16. The van der Waals surface area contributed by atoms with Gasteiger partial charge in [-0.15, -0.1) is 11.3 Å². The van der Waals surface area contributed by atoms with E-state index in [0.29, 0.717) is 12.4 Å². The van der Waals surface area contributed by atoms with Crippen LogP contribution in [0.2, 0.25) is 0 Å². The fourth-order valence-corrected chi connectivity index (χ4v) is 2.80. The average Bonchev–Trinajstić information content (AvgIpc) is 2.96. The summed E-state index contributed by atoms with van der Waals surface area (Å²) in [5.41, 5.74) is 0.864. The molecule has 1 aliphatic heterocycles. The molecule has 0 saturated carbocycles. The highest BCUT2D eigenvalue weighted by Gasteiger charge is 2.34. The van der Waals surface area contributed by atoms with Gasteiger partial charge in [-0.1, -0.05) is 0 Å². The molecule has 6 nitrogen and oxygen atoms in total. The van der Waals surface area contributed by atoms with Crippen molar-refractivity contribution >= 4 is 33.3 Å². The molecule has 18 heavy (non-hydrogen) atoms. The summed E-state index contributed by atoms with van der Waals surface area (Å²) in [6.07, 6.45) is 1.48. The van der Waals surface area contributed by atoms with E-state index in [4.69, 9.17) is 9.84 Å². The molecule has 94 valence electrons. The van der Waals surface area contributed by atoms with Crippen molar-refractivity contribution in [1.29, 1.82) is 0 Å². The van der Waals surface area contributed by atoms with Crippen LogP contribution in [0.25, 0.3) is 10.2 Å². The zero-order valence-corrected chi connectivity index (χ0v) is 10.2. The van der Waals surface area contributed by atoms with Crippen LogP contribution in [0.15, 0.2) is 17.8 Å². The summed E-state index contributed by atoms with van der Waals surface area (Å²) < 4.78 is 6.15. The van der Waals surface area contributed by atoms with Crippen molar-refractivity contribution in [2.45, 2.75) is 6.04 Å². The van der Waals surface area contributed by atoms with Crippen LogP contribution in [0.3, 0.4) is 0 Å². The molecule has 0 spiro atoms. The highest BCUT2D eigenvalue weighted by Crippen LogP contribution is 2.27. The molecule has 1 aliphatic rings. The van der Waals surface area contributed by atoms with E-state index in [-0.39, 0.29) is 12.6 Å². The normalized spacial score (nSPS) is 23.3. The molecule has 3 heterocycles. The Morgan fingerprint density at radius 2 is 2.39 bits per heavy atom. The lowest BCUT2D eigenvalue weighted by Crippen LogP contribution is -2.33. The second-order valence-corrected chi connectivity index (χ2v) is 5.01. The van der Waals surface area contributed by atoms with E-state index in [1.165, 1.54) is 17.7 Å². The Balaban J connectivity index is 1.88. The van der Waals surface area contributed by atoms with Gasteiger partial charge in [-0.25, -0.2) is 9.97 Å². The molecular formula is C11H11N3O3S. The number of thiophene rings is 1. The Labute approximate surface area is 107 Å². The molecule has 1 saturated heterocycles. The van der Waals surface area contributed by atoms with Gasteiger partial charge in [0.05, 0.1) is 29.5 Å². The fraction of sp³-hybridized carbons (Fsp3) is 0.364. The van der Waals surface area contributed by atoms with E-state index in [9.17, 15) is 4.79 Å². The van der Waals surface area contributed by atoms with Crippen LogP contribution >= 0.6 is 11.3 Å². The number of carboxylic acid groups (broad SMARTS) is 1. The molecule has 0 aromatic carbocycles. The van der Waals surface area contributed by atoms with Gasteiger partial charge in [0.1, 0.15) is 18.1 Å². The number of nitrogens with one attached hydrogen (secondary N) is 1. The molecule has 0 amide bonds. The van der Waals surface area contributed by atoms with Crippen molar-refractivity contribution in [3.8, 4) is 0 Å². The van der Waals surface area contributed by atoms with Crippen molar-refractivity contribution in [3.63, 3.8) is 0 Å². The first-order valence-corrected chi connectivity index (χ1v) is 6.39. The Kier molecular flexibility index (Phi) is 2.85. The molecule has 2 aromatic rings. The summed E-state index contributed by atoms with van der Waals surface area (Å²) in [7, 11) is 0. The molecule has 0 radical (unpaired) electrons. The molecule has 2 N–H and O–H groups in total. The second-order valence-electron chi connectivity index (χ2n) is 4.09. The highest BCUT2D eigenvalue weighted by molar-refractivity contribution is 7.17. The lowest BCUT2D eigenvalue weighted by molar-refractivity contribution is -0.141. The number of fused-ring (bicyclic) bond motifs is 1. The number of ether oxygens (including phenoxy) is 1. The Morgan fingerprint density at radius 3 is 3.22 bits per heavy atom. The van der Waals surface area contributed by atoms with Gasteiger partial charge in [-0.2, -0.15) is 0 Å². The van der Waals surface area contributed by atoms with Gasteiger partial charge in [-0.3, -0.25) is 4.79 Å². The molecule has 0 bridgehead atoms. The van der Waals surface area contributed by atoms with Crippen LogP contribution in [-0.4, -0.2) is 40.3 Å². The van der Waals surface area contributed by atoms with Gasteiger partial charge >= 0.3 is 5.97 Å². The SMILES string of the molecule is O=C(O)C1COCC1Nc1ncnc2ccsc12. The number of nitrogens with zero attached hydrogens (tertiary/aromatic N) is 2. The molecule has 7 heteroatoms. The summed E-state index contributed by atoms with van der Waals surface area (Å²) in [6, 6.07) is 1.66. The van der Waals surface area contributed by atoms with Gasteiger partial charge < -0.3 is 15.2 Å². The topological polar surface area (TPSA) is 84.3 Å². The number of anilines is 1. The van der Waals surface area contributed by atoms with Gasteiger partial charge in [0.2, 0.25) is 0 Å². The Bertz CT molecular complexity index is 586. The van der Waals surface area contributed by atoms with E-state index in [2.05, 4.69) is 15.3 Å². The maximum atomic E-state index is 11.1. The smallest absolute Gasteiger partial charge is 0.311 e. The molecule has 3 rings (SSSR count). The number of carbonyl (C=O) groups is 1. The summed E-state index contributed by atoms with van der Waals surface area (Å²) in [5.74, 6) is -0.701. The van der Waals surface area contributed by atoms with Crippen LogP contribution in [-0.2, 0) is 9.53 Å². The summed E-state index contributed by atoms with van der Waals surface area (Å²) >= 11 is 1.53. The molecule has 2 aromatic heterocycles. The van der Waals surface area contributed by atoms with Crippen molar-refractivity contribution in [1.82, 2.24) is 9.97 Å². The summed E-state index contributed by atoms with van der Waals surface area (Å²) in [6.45, 7) is 0.625. The van der Waals surface area contributed by atoms with Crippen LogP contribution in [0, 0.1) is 5.92 Å². The van der Waals surface area contributed by atoms with E-state index in [1.807, 2.05) is 11.4 Å². The van der Waals surface area contributed by atoms with Crippen molar-refractivity contribution in [3.05, 3.63) is 17.8 Å². The zero-order chi connectivity index (χ0) is 12.5. The standard InChI is InChI=1S/C11H11N3O3S/c15-11(16)6-3-17-4-8(6)14-10-9-7(1-2-18-9)12-5-13-10/h1-2,5-6,8H,3-4H2,(H,15,16)(H,12,13,14). The molecular weight excluding hydrogens is 254 g/mol. The van der Waals surface area contributed by atoms with Gasteiger partial charge in [0, 0.05) is 0 Å². The fourth-order valence-electron chi connectivity index (χ4n) is 2.01. The highest BCUT2D eigenvalue weighted by atomic mass is 32.1. The number of rotatable bonds is 3. The molecule has 1 fully saturated rings. The molecule has 2 atom stereocenters. The maximum Gasteiger partial charge on any atom is 0.311 e. The largest absolute Gasteiger partial charge is 0.481 e. The first-order valence-electron chi connectivity index (χ1n) is 5.51. The third-order valence-electron chi connectivity index (χ3n) is 2.96. The zero-order valence-electron chi connectivity index (χ0n) is 9.37. The number of carboxylic acids is 1. The van der Waals surface area contributed by atoms with E-state index in [1.54, 1.807) is 0 Å². The first kappa shape index (κ1) is 11.4. The Hall–Kier alpha value is -1.73. The predicted octanol–water partition coefficient (Wildman–Crippen LogP) is 1.20. The van der Waals surface area contributed by atoms with Crippen LogP contribution in [0.1, 0.15) is 0 Å². The lowest BCUT2D eigenvalue weighted by atomic mass is 10.0. The van der Waals surface area contributed by atoms with Crippen molar-refractivity contribution < 1.29 is 14.6 Å². The summed E-state index contributed by atoms with van der Waals surface area (Å²) in [5, 5.41) is 14.2. The average molecular weight is 265 g/mol. The van der Waals surface area contributed by atoms with E-state index < -0.39 is 11.9 Å². The third-order valence-corrected chi connectivity index (χ3v) is 3.87. The number of aromatic nitrogens is 2. The quantitative estimate of drug-likeness (QED) is 0.867. The van der Waals surface area contributed by atoms with Gasteiger partial charge in [0.25, 0.3) is 0 Å². The monoisotopic (exact) mass is 265 g/mol. The number of hydrogen-bond donors (Lipinski definition) is 2. The first-order chi connectivity index (χ1) is 8.75. The van der Waals surface area contributed by atoms with Crippen LogP contribution in [0.5, 0.6) is 0 Å². The maximum absolute atomic E-state index is 11.1. The Morgan fingerprint density at radius 1 is 1.50 bits per heavy atom. The minimum Gasteiger partial charge on any atom is -0.481 e. The second kappa shape index (κ2) is 4.51. The minimum atomic E-state index is -0.846. The van der Waals surface area contributed by atoms with E-state index >= 15 is 0 Å². The van der Waals surface area contributed by atoms with Crippen molar-refractivity contribution in [2.24, 2.45) is 5.92 Å². The van der Waals surface area contributed by atoms with Crippen LogP contribution in [0.4, 0.5) is 5.82 Å². The van der Waals surface area contributed by atoms with Crippen LogP contribution < -0.4 is 5.32 Å². The molecule has 2 unspecified atom stereocenters. The predicted molar refractivity (Wildman–Crippen MR) is 66.8 cm³/mol. The van der Waals surface area contributed by atoms with Gasteiger partial charge in [-0.05, 0) is 11.4 Å². The summed E-state index contributed by atoms with van der Waals surface area (Å²) in [4.78, 5) is 19.4. The van der Waals surface area contributed by atoms with Gasteiger partial charge in [0.15, 0.2) is 0 Å².